The van der Waals surface area contributed by atoms with Crippen LogP contribution in [0.1, 0.15) is 41.6 Å². The number of amides is 1. The third kappa shape index (κ3) is 4.63. The van der Waals surface area contributed by atoms with Crippen LogP contribution in [0.2, 0.25) is 0 Å². The Bertz CT molecular complexity index is 907. The highest BCUT2D eigenvalue weighted by molar-refractivity contribution is 5.94. The number of aryl methyl sites for hydroxylation is 1. The first-order valence-electron chi connectivity index (χ1n) is 10.4. The van der Waals surface area contributed by atoms with Gasteiger partial charge in [0.05, 0.1) is 0 Å². The van der Waals surface area contributed by atoms with Gasteiger partial charge in [-0.3, -0.25) is 9.69 Å². The van der Waals surface area contributed by atoms with E-state index in [1.807, 2.05) is 12.1 Å². The van der Waals surface area contributed by atoms with Gasteiger partial charge in [0.2, 0.25) is 0 Å². The van der Waals surface area contributed by atoms with Crippen LogP contribution in [0.5, 0.6) is 0 Å². The number of aromatic nitrogens is 1. The molecule has 0 atom stereocenters. The van der Waals surface area contributed by atoms with Crippen molar-refractivity contribution in [1.82, 2.24) is 14.8 Å². The highest BCUT2D eigenvalue weighted by Gasteiger charge is 2.11. The summed E-state index contributed by atoms with van der Waals surface area (Å²) in [4.78, 5) is 14.9. The van der Waals surface area contributed by atoms with Crippen molar-refractivity contribution in [3.63, 3.8) is 0 Å². The maximum absolute atomic E-state index is 12.4. The van der Waals surface area contributed by atoms with Crippen molar-refractivity contribution in [3.05, 3.63) is 71.9 Å². The fourth-order valence-corrected chi connectivity index (χ4v) is 4.03. The van der Waals surface area contributed by atoms with Crippen molar-refractivity contribution in [3.8, 4) is 0 Å². The van der Waals surface area contributed by atoms with Gasteiger partial charge < -0.3 is 9.88 Å². The van der Waals surface area contributed by atoms with E-state index in [4.69, 9.17) is 0 Å². The zero-order valence-corrected chi connectivity index (χ0v) is 16.4. The lowest BCUT2D eigenvalue weighted by molar-refractivity contribution is 0.0952. The predicted molar refractivity (Wildman–Crippen MR) is 114 cm³/mol. The molecule has 0 spiro atoms. The first kappa shape index (κ1) is 18.8. The monoisotopic (exact) mass is 375 g/mol. The summed E-state index contributed by atoms with van der Waals surface area (Å²) in [6.07, 6.45) is 7.00. The molecule has 1 aliphatic heterocycles. The zero-order valence-electron chi connectivity index (χ0n) is 16.4. The molecular weight excluding hydrogens is 346 g/mol. The summed E-state index contributed by atoms with van der Waals surface area (Å²) in [5, 5.41) is 4.31. The van der Waals surface area contributed by atoms with E-state index in [-0.39, 0.29) is 5.91 Å². The minimum atomic E-state index is 0.0156. The van der Waals surface area contributed by atoms with E-state index in [9.17, 15) is 4.79 Å². The number of rotatable bonds is 7. The lowest BCUT2D eigenvalue weighted by Gasteiger charge is -2.26. The van der Waals surface area contributed by atoms with Gasteiger partial charge in [-0.1, -0.05) is 36.8 Å². The molecular formula is C24H29N3O. The average Bonchev–Trinajstić information content (AvgIpc) is 3.15. The molecule has 0 bridgehead atoms. The third-order valence-electron chi connectivity index (χ3n) is 5.61. The lowest BCUT2D eigenvalue weighted by Crippen LogP contribution is -2.29. The van der Waals surface area contributed by atoms with E-state index < -0.39 is 0 Å². The minimum absolute atomic E-state index is 0.0156. The third-order valence-corrected chi connectivity index (χ3v) is 5.61. The van der Waals surface area contributed by atoms with Crippen molar-refractivity contribution in [2.75, 3.05) is 19.6 Å². The second-order valence-corrected chi connectivity index (χ2v) is 7.71. The largest absolute Gasteiger partial charge is 0.352 e. The molecule has 0 saturated carbocycles. The Labute approximate surface area is 167 Å². The molecule has 1 N–H and O–H groups in total. The average molecular weight is 376 g/mol. The summed E-state index contributed by atoms with van der Waals surface area (Å²) >= 11 is 0. The summed E-state index contributed by atoms with van der Waals surface area (Å²) in [6, 6.07) is 18.6. The van der Waals surface area contributed by atoms with Crippen molar-refractivity contribution in [1.29, 1.82) is 0 Å². The Morgan fingerprint density at radius 2 is 1.71 bits per heavy atom. The van der Waals surface area contributed by atoms with Gasteiger partial charge in [-0.25, -0.2) is 0 Å². The van der Waals surface area contributed by atoms with Crippen LogP contribution in [0.4, 0.5) is 0 Å². The zero-order chi connectivity index (χ0) is 19.2. The van der Waals surface area contributed by atoms with Crippen LogP contribution in [0.15, 0.2) is 60.8 Å². The number of hydrogen-bond acceptors (Lipinski definition) is 2. The molecule has 1 amide bonds. The number of nitrogens with one attached hydrogen (secondary N) is 1. The van der Waals surface area contributed by atoms with E-state index in [2.05, 4.69) is 63.4 Å². The Kier molecular flexibility index (Phi) is 6.07. The van der Waals surface area contributed by atoms with E-state index in [0.717, 1.165) is 25.1 Å². The van der Waals surface area contributed by atoms with Gasteiger partial charge in [0.15, 0.2) is 0 Å². The lowest BCUT2D eigenvalue weighted by atomic mass is 10.1. The molecule has 4 heteroatoms. The molecule has 0 aliphatic carbocycles. The Hall–Kier alpha value is -2.59. The first-order valence-corrected chi connectivity index (χ1v) is 10.4. The molecule has 2 aromatic carbocycles. The standard InChI is InChI=1S/C24H29N3O/c28-24(22-11-9-20(10-12-22)19-26-15-4-1-5-16-26)25-14-6-17-27-18-13-21-7-2-3-8-23(21)27/h2-3,7-13,18H,1,4-6,14-17,19H2,(H,25,28). The summed E-state index contributed by atoms with van der Waals surface area (Å²) in [6.45, 7) is 4.97. The summed E-state index contributed by atoms with van der Waals surface area (Å²) < 4.78 is 2.25. The number of para-hydroxylation sites is 1. The number of nitrogens with zero attached hydrogens (tertiary/aromatic N) is 2. The highest BCUT2D eigenvalue weighted by atomic mass is 16.1. The minimum Gasteiger partial charge on any atom is -0.352 e. The second-order valence-electron chi connectivity index (χ2n) is 7.71. The predicted octanol–water partition coefficient (Wildman–Crippen LogP) is 4.45. The highest BCUT2D eigenvalue weighted by Crippen LogP contribution is 2.15. The Balaban J connectivity index is 1.23. The molecule has 4 rings (SSSR count). The van der Waals surface area contributed by atoms with Gasteiger partial charge in [-0.2, -0.15) is 0 Å². The summed E-state index contributed by atoms with van der Waals surface area (Å²) in [7, 11) is 0. The van der Waals surface area contributed by atoms with Crippen molar-refractivity contribution < 1.29 is 4.79 Å². The molecule has 0 unspecified atom stereocenters. The second kappa shape index (κ2) is 9.07. The Morgan fingerprint density at radius 1 is 0.929 bits per heavy atom. The fourth-order valence-electron chi connectivity index (χ4n) is 4.03. The van der Waals surface area contributed by atoms with Crippen molar-refractivity contribution in [2.45, 2.75) is 38.8 Å². The molecule has 1 aliphatic rings. The molecule has 28 heavy (non-hydrogen) atoms. The van der Waals surface area contributed by atoms with Crippen molar-refractivity contribution >= 4 is 16.8 Å². The molecule has 0 radical (unpaired) electrons. The number of benzene rings is 2. The van der Waals surface area contributed by atoms with E-state index in [1.54, 1.807) is 0 Å². The van der Waals surface area contributed by atoms with Crippen LogP contribution < -0.4 is 5.32 Å². The van der Waals surface area contributed by atoms with Crippen LogP contribution in [-0.4, -0.2) is 35.0 Å². The van der Waals surface area contributed by atoms with E-state index in [1.165, 1.54) is 48.8 Å². The molecule has 3 aromatic rings. The van der Waals surface area contributed by atoms with Gasteiger partial charge in [0.25, 0.3) is 5.91 Å². The number of carbonyl (C=O) groups excluding carboxylic acids is 1. The van der Waals surface area contributed by atoms with Crippen molar-refractivity contribution in [2.24, 2.45) is 0 Å². The van der Waals surface area contributed by atoms with Crippen LogP contribution in [0, 0.1) is 0 Å². The van der Waals surface area contributed by atoms with Crippen LogP contribution >= 0.6 is 0 Å². The van der Waals surface area contributed by atoms with Crippen LogP contribution in [0.3, 0.4) is 0 Å². The van der Waals surface area contributed by atoms with E-state index >= 15 is 0 Å². The number of hydrogen-bond donors (Lipinski definition) is 1. The molecule has 146 valence electrons. The van der Waals surface area contributed by atoms with Crippen LogP contribution in [-0.2, 0) is 13.1 Å². The topological polar surface area (TPSA) is 37.3 Å². The summed E-state index contributed by atoms with van der Waals surface area (Å²) in [5.41, 5.74) is 3.28. The maximum Gasteiger partial charge on any atom is 0.251 e. The maximum atomic E-state index is 12.4. The molecule has 1 aromatic heterocycles. The van der Waals surface area contributed by atoms with E-state index in [0.29, 0.717) is 6.54 Å². The fraction of sp³-hybridized carbons (Fsp3) is 0.375. The van der Waals surface area contributed by atoms with Crippen LogP contribution in [0.25, 0.3) is 10.9 Å². The van der Waals surface area contributed by atoms with Gasteiger partial charge in [-0.05, 0) is 67.6 Å². The molecule has 1 saturated heterocycles. The molecule has 2 heterocycles. The van der Waals surface area contributed by atoms with Gasteiger partial charge >= 0.3 is 0 Å². The molecule has 4 nitrogen and oxygen atoms in total. The number of piperidine rings is 1. The number of fused-ring (bicyclic) bond motifs is 1. The van der Waals surface area contributed by atoms with Gasteiger partial charge in [0.1, 0.15) is 0 Å². The van der Waals surface area contributed by atoms with Gasteiger partial charge in [-0.15, -0.1) is 0 Å². The molecule has 1 fully saturated rings. The Morgan fingerprint density at radius 3 is 2.54 bits per heavy atom. The number of likely N-dealkylation sites (tertiary alicyclic amines) is 1. The SMILES string of the molecule is O=C(NCCCn1ccc2ccccc21)c1ccc(CN2CCCCC2)cc1. The first-order chi connectivity index (χ1) is 13.8. The normalized spacial score (nSPS) is 15.0. The van der Waals surface area contributed by atoms with Gasteiger partial charge in [0, 0.05) is 36.9 Å². The smallest absolute Gasteiger partial charge is 0.251 e. The number of carbonyl (C=O) groups is 1. The summed E-state index contributed by atoms with van der Waals surface area (Å²) in [5.74, 6) is 0.0156. The quantitative estimate of drug-likeness (QED) is 0.620.